The van der Waals surface area contributed by atoms with Gasteiger partial charge < -0.3 is 9.64 Å². The van der Waals surface area contributed by atoms with Gasteiger partial charge in [-0.15, -0.1) is 5.10 Å². The normalized spacial score (nSPS) is 15.5. The van der Waals surface area contributed by atoms with Gasteiger partial charge in [-0.25, -0.2) is 9.67 Å². The number of hydrogen-bond acceptors (Lipinski definition) is 5. The van der Waals surface area contributed by atoms with Crippen LogP contribution in [0.2, 0.25) is 0 Å². The van der Waals surface area contributed by atoms with Gasteiger partial charge in [-0.2, -0.15) is 0 Å². The van der Waals surface area contributed by atoms with Crippen molar-refractivity contribution in [1.82, 2.24) is 24.6 Å². The number of amides is 1. The lowest BCUT2D eigenvalue weighted by Gasteiger charge is -2.20. The highest BCUT2D eigenvalue weighted by Gasteiger charge is 2.18. The SMILES string of the molecule is COCc1nc(CCN2CCCCCC2=O)n(-c2ccncc2)n1. The number of carbonyl (C=O) groups is 1. The molecule has 0 saturated carbocycles. The molecule has 2 aromatic rings. The fourth-order valence-corrected chi connectivity index (χ4v) is 2.95. The van der Waals surface area contributed by atoms with Gasteiger partial charge in [0.1, 0.15) is 12.4 Å². The minimum atomic E-state index is 0.250. The van der Waals surface area contributed by atoms with Gasteiger partial charge in [-0.1, -0.05) is 6.42 Å². The van der Waals surface area contributed by atoms with Crippen LogP contribution in [-0.4, -0.2) is 50.8 Å². The zero-order valence-electron chi connectivity index (χ0n) is 14.0. The van der Waals surface area contributed by atoms with Gasteiger partial charge in [-0.3, -0.25) is 9.78 Å². The highest BCUT2D eigenvalue weighted by molar-refractivity contribution is 5.76. The van der Waals surface area contributed by atoms with Crippen molar-refractivity contribution >= 4 is 5.91 Å². The van der Waals surface area contributed by atoms with Crippen LogP contribution in [0.25, 0.3) is 5.69 Å². The lowest BCUT2D eigenvalue weighted by Crippen LogP contribution is -2.32. The van der Waals surface area contributed by atoms with Crippen LogP contribution in [0.1, 0.15) is 37.3 Å². The minimum absolute atomic E-state index is 0.250. The molecule has 1 saturated heterocycles. The number of rotatable bonds is 6. The maximum atomic E-state index is 12.2. The second-order valence-corrected chi connectivity index (χ2v) is 5.94. The van der Waals surface area contributed by atoms with Crippen LogP contribution in [0.3, 0.4) is 0 Å². The smallest absolute Gasteiger partial charge is 0.222 e. The summed E-state index contributed by atoms with van der Waals surface area (Å²) in [5.74, 6) is 1.73. The van der Waals surface area contributed by atoms with E-state index in [0.717, 1.165) is 37.3 Å². The molecule has 0 radical (unpaired) electrons. The number of ether oxygens (including phenoxy) is 1. The molecule has 2 aromatic heterocycles. The van der Waals surface area contributed by atoms with E-state index in [1.54, 1.807) is 19.5 Å². The van der Waals surface area contributed by atoms with Crippen molar-refractivity contribution in [2.75, 3.05) is 20.2 Å². The number of hydrogen-bond donors (Lipinski definition) is 0. The molecule has 1 fully saturated rings. The van der Waals surface area contributed by atoms with E-state index in [0.29, 0.717) is 31.8 Å². The standard InChI is InChI=1S/C17H23N5O2/c1-24-13-15-19-16(22(20-15)14-6-9-18-10-7-14)8-12-21-11-4-2-3-5-17(21)23/h6-7,9-10H,2-5,8,11-13H2,1H3. The Morgan fingerprint density at radius 2 is 2.04 bits per heavy atom. The summed E-state index contributed by atoms with van der Waals surface area (Å²) in [6, 6.07) is 3.79. The molecule has 0 bridgehead atoms. The number of likely N-dealkylation sites (tertiary alicyclic amines) is 1. The summed E-state index contributed by atoms with van der Waals surface area (Å²) in [5.41, 5.74) is 0.914. The Labute approximate surface area is 141 Å². The van der Waals surface area contributed by atoms with E-state index in [2.05, 4.69) is 15.1 Å². The first-order valence-corrected chi connectivity index (χ1v) is 8.40. The fraction of sp³-hybridized carbons (Fsp3) is 0.529. The molecule has 0 atom stereocenters. The third-order valence-electron chi connectivity index (χ3n) is 4.18. The Morgan fingerprint density at radius 3 is 2.83 bits per heavy atom. The van der Waals surface area contributed by atoms with Gasteiger partial charge >= 0.3 is 0 Å². The van der Waals surface area contributed by atoms with Crippen molar-refractivity contribution in [3.63, 3.8) is 0 Å². The molecule has 3 rings (SSSR count). The van der Waals surface area contributed by atoms with Gasteiger partial charge in [0.05, 0.1) is 5.69 Å². The van der Waals surface area contributed by atoms with Crippen molar-refractivity contribution < 1.29 is 9.53 Å². The molecule has 0 unspecified atom stereocenters. The van der Waals surface area contributed by atoms with E-state index in [4.69, 9.17) is 4.74 Å². The maximum Gasteiger partial charge on any atom is 0.222 e. The predicted molar refractivity (Wildman–Crippen MR) is 88.6 cm³/mol. The van der Waals surface area contributed by atoms with E-state index >= 15 is 0 Å². The molecule has 3 heterocycles. The van der Waals surface area contributed by atoms with Crippen molar-refractivity contribution in [3.05, 3.63) is 36.2 Å². The van der Waals surface area contributed by atoms with E-state index in [-0.39, 0.29) is 5.91 Å². The molecule has 0 spiro atoms. The number of nitrogens with zero attached hydrogens (tertiary/aromatic N) is 5. The molecule has 24 heavy (non-hydrogen) atoms. The first-order valence-electron chi connectivity index (χ1n) is 8.40. The number of carbonyl (C=O) groups excluding carboxylic acids is 1. The lowest BCUT2D eigenvalue weighted by molar-refractivity contribution is -0.130. The second-order valence-electron chi connectivity index (χ2n) is 5.94. The van der Waals surface area contributed by atoms with E-state index in [1.165, 1.54) is 0 Å². The van der Waals surface area contributed by atoms with E-state index in [1.807, 2.05) is 21.7 Å². The summed E-state index contributed by atoms with van der Waals surface area (Å²) < 4.78 is 6.96. The third kappa shape index (κ3) is 3.97. The zero-order valence-corrected chi connectivity index (χ0v) is 14.0. The maximum absolute atomic E-state index is 12.2. The first-order chi connectivity index (χ1) is 11.8. The van der Waals surface area contributed by atoms with Gasteiger partial charge in [0.25, 0.3) is 0 Å². The minimum Gasteiger partial charge on any atom is -0.377 e. The summed E-state index contributed by atoms with van der Waals surface area (Å²) in [6.07, 6.45) is 8.01. The summed E-state index contributed by atoms with van der Waals surface area (Å²) in [5, 5.41) is 4.52. The van der Waals surface area contributed by atoms with Gasteiger partial charge in [0, 0.05) is 45.4 Å². The quantitative estimate of drug-likeness (QED) is 0.807. The molecule has 7 heteroatoms. The molecule has 7 nitrogen and oxygen atoms in total. The van der Waals surface area contributed by atoms with E-state index < -0.39 is 0 Å². The summed E-state index contributed by atoms with van der Waals surface area (Å²) in [7, 11) is 1.63. The van der Waals surface area contributed by atoms with Crippen LogP contribution in [0, 0.1) is 0 Å². The predicted octanol–water partition coefficient (Wildman–Crippen LogP) is 1.75. The number of methoxy groups -OCH3 is 1. The Balaban J connectivity index is 1.77. The summed E-state index contributed by atoms with van der Waals surface area (Å²) in [6.45, 7) is 1.88. The largest absolute Gasteiger partial charge is 0.377 e. The highest BCUT2D eigenvalue weighted by atomic mass is 16.5. The molecular formula is C17H23N5O2. The molecule has 0 aromatic carbocycles. The fourth-order valence-electron chi connectivity index (χ4n) is 2.95. The monoisotopic (exact) mass is 329 g/mol. The molecule has 1 aliphatic heterocycles. The molecular weight excluding hydrogens is 306 g/mol. The Morgan fingerprint density at radius 1 is 1.21 bits per heavy atom. The summed E-state index contributed by atoms with van der Waals surface area (Å²) in [4.78, 5) is 22.7. The molecule has 0 aliphatic carbocycles. The first kappa shape index (κ1) is 16.6. The van der Waals surface area contributed by atoms with E-state index in [9.17, 15) is 4.79 Å². The number of aromatic nitrogens is 4. The van der Waals surface area contributed by atoms with Crippen molar-refractivity contribution in [1.29, 1.82) is 0 Å². The van der Waals surface area contributed by atoms with Crippen LogP contribution in [0.15, 0.2) is 24.5 Å². The van der Waals surface area contributed by atoms with Gasteiger partial charge in [0.15, 0.2) is 5.82 Å². The van der Waals surface area contributed by atoms with Crippen LogP contribution >= 0.6 is 0 Å². The lowest BCUT2D eigenvalue weighted by atomic mass is 10.2. The van der Waals surface area contributed by atoms with Crippen LogP contribution in [0.5, 0.6) is 0 Å². The van der Waals surface area contributed by atoms with Crippen molar-refractivity contribution in [3.8, 4) is 5.69 Å². The second kappa shape index (κ2) is 8.01. The van der Waals surface area contributed by atoms with Gasteiger partial charge in [-0.05, 0) is 25.0 Å². The van der Waals surface area contributed by atoms with Gasteiger partial charge in [0.2, 0.25) is 5.91 Å². The molecule has 128 valence electrons. The van der Waals surface area contributed by atoms with Crippen molar-refractivity contribution in [2.24, 2.45) is 0 Å². The third-order valence-corrected chi connectivity index (χ3v) is 4.18. The summed E-state index contributed by atoms with van der Waals surface area (Å²) >= 11 is 0. The van der Waals surface area contributed by atoms with Crippen LogP contribution in [-0.2, 0) is 22.6 Å². The topological polar surface area (TPSA) is 73.1 Å². The Bertz CT molecular complexity index is 671. The van der Waals surface area contributed by atoms with Crippen molar-refractivity contribution in [2.45, 2.75) is 38.7 Å². The average molecular weight is 329 g/mol. The molecule has 0 N–H and O–H groups in total. The van der Waals surface area contributed by atoms with Crippen LogP contribution in [0.4, 0.5) is 0 Å². The highest BCUT2D eigenvalue weighted by Crippen LogP contribution is 2.14. The number of pyridine rings is 1. The van der Waals surface area contributed by atoms with Crippen LogP contribution < -0.4 is 0 Å². The zero-order chi connectivity index (χ0) is 16.8. The Hall–Kier alpha value is -2.28. The average Bonchev–Trinajstić information content (AvgIpc) is 2.89. The Kier molecular flexibility index (Phi) is 5.53. The molecule has 1 aliphatic rings. The molecule has 1 amide bonds.